The Kier molecular flexibility index (Phi) is 12.5. The Balaban J connectivity index is 0.00000486. The first kappa shape index (κ1) is 37.2. The summed E-state index contributed by atoms with van der Waals surface area (Å²) in [6, 6.07) is 16.2. The first-order valence-electron chi connectivity index (χ1n) is 16.0. The number of thiophene rings is 1. The number of amides is 1. The molecule has 266 valence electrons. The molecule has 2 N–H and O–H groups in total. The molecular weight excluding hydrogens is 705 g/mol. The number of nitrogens with zero attached hydrogens (tertiary/aromatic N) is 2. The Morgan fingerprint density at radius 2 is 1.64 bits per heavy atom. The number of rotatable bonds is 12. The van der Waals surface area contributed by atoms with Crippen LogP contribution in [0.15, 0.2) is 67.0 Å². The highest BCUT2D eigenvalue weighted by atomic mass is 35.5. The van der Waals surface area contributed by atoms with E-state index in [1.807, 2.05) is 30.3 Å². The molecule has 0 aliphatic carbocycles. The minimum Gasteiger partial charge on any atom is -0.870 e. The number of carbonyl (C=O) groups is 2. The number of pyridine rings is 1. The third-order valence-corrected chi connectivity index (χ3v) is 10.8. The quantitative estimate of drug-likeness (QED) is 0.140. The van der Waals surface area contributed by atoms with Gasteiger partial charge in [0.2, 0.25) is 0 Å². The molecule has 3 fully saturated rings. The number of esters is 1. The third-order valence-electron chi connectivity index (χ3n) is 9.04. The number of para-hydroxylation sites is 2. The smallest absolute Gasteiger partial charge is 0.415 e. The van der Waals surface area contributed by atoms with Crippen molar-refractivity contribution in [2.75, 3.05) is 45.9 Å². The van der Waals surface area contributed by atoms with Crippen molar-refractivity contribution in [1.82, 2.24) is 4.90 Å². The predicted octanol–water partition coefficient (Wildman–Crippen LogP) is 7.10. The Morgan fingerprint density at radius 3 is 2.30 bits per heavy atom. The monoisotopic (exact) mass is 743 g/mol. The van der Waals surface area contributed by atoms with Crippen LogP contribution >= 0.6 is 34.5 Å². The average Bonchev–Trinajstić information content (AvgIpc) is 3.61. The molecule has 2 aromatic carbocycles. The number of nitrogens with one attached hydrogen (secondary N) is 1. The third kappa shape index (κ3) is 8.27. The summed E-state index contributed by atoms with van der Waals surface area (Å²) in [7, 11) is 4.66. The Labute approximate surface area is 304 Å². The Bertz CT molecular complexity index is 1780. The lowest BCUT2D eigenvalue weighted by Crippen LogP contribution is -2.53. The second-order valence-corrected chi connectivity index (χ2v) is 13.9. The van der Waals surface area contributed by atoms with E-state index in [1.54, 1.807) is 55.8 Å². The van der Waals surface area contributed by atoms with E-state index in [-0.39, 0.29) is 24.5 Å². The van der Waals surface area contributed by atoms with Crippen molar-refractivity contribution in [3.8, 4) is 17.2 Å². The minimum absolute atomic E-state index is 0. The van der Waals surface area contributed by atoms with Crippen LogP contribution in [0.2, 0.25) is 10.0 Å². The van der Waals surface area contributed by atoms with Crippen molar-refractivity contribution in [2.45, 2.75) is 38.0 Å². The number of aromatic nitrogens is 1. The zero-order valence-electron chi connectivity index (χ0n) is 27.9. The van der Waals surface area contributed by atoms with E-state index in [0.717, 1.165) is 37.4 Å². The van der Waals surface area contributed by atoms with E-state index in [1.165, 1.54) is 18.4 Å². The van der Waals surface area contributed by atoms with Gasteiger partial charge in [0.25, 0.3) is 0 Å². The molecule has 1 amide bonds. The average molecular weight is 745 g/mol. The molecule has 0 spiro atoms. The van der Waals surface area contributed by atoms with Crippen LogP contribution in [0.25, 0.3) is 0 Å². The zero-order chi connectivity index (χ0) is 34.5. The van der Waals surface area contributed by atoms with Gasteiger partial charge in [0.15, 0.2) is 23.9 Å². The first-order chi connectivity index (χ1) is 23.8. The zero-order valence-corrected chi connectivity index (χ0v) is 30.2. The van der Waals surface area contributed by atoms with Gasteiger partial charge in [0, 0.05) is 23.4 Å². The molecule has 0 radical (unpaired) electrons. The molecule has 3 saturated heterocycles. The van der Waals surface area contributed by atoms with Crippen LogP contribution in [-0.2, 0) is 22.4 Å². The lowest BCUT2D eigenvalue weighted by atomic mass is 9.86. The van der Waals surface area contributed by atoms with Gasteiger partial charge in [-0.25, -0.2) is 14.6 Å². The molecule has 2 bridgehead atoms. The summed E-state index contributed by atoms with van der Waals surface area (Å²) < 4.78 is 28.8. The van der Waals surface area contributed by atoms with Gasteiger partial charge in [0.1, 0.15) is 32.9 Å². The number of aromatic amines is 1. The largest absolute Gasteiger partial charge is 0.870 e. The van der Waals surface area contributed by atoms with E-state index in [9.17, 15) is 9.59 Å². The summed E-state index contributed by atoms with van der Waals surface area (Å²) in [6.07, 6.45) is 4.11. The summed E-state index contributed by atoms with van der Waals surface area (Å²) in [4.78, 5) is 35.5. The fourth-order valence-corrected chi connectivity index (χ4v) is 7.80. The Morgan fingerprint density at radius 1 is 0.940 bits per heavy atom. The fourth-order valence-electron chi connectivity index (χ4n) is 6.39. The topological polar surface area (TPSA) is 131 Å². The van der Waals surface area contributed by atoms with Gasteiger partial charge in [0.05, 0.1) is 33.6 Å². The number of fused-ring (bicyclic) bond motifs is 3. The molecule has 7 rings (SSSR count). The normalized spacial score (nSPS) is 18.4. The number of carbonyl (C=O) groups excluding carboxylic acids is 2. The van der Waals surface area contributed by atoms with E-state index in [4.69, 9.17) is 46.9 Å². The highest BCUT2D eigenvalue weighted by Gasteiger charge is 2.38. The number of methoxy groups -OCH3 is 3. The highest BCUT2D eigenvalue weighted by molar-refractivity contribution is 7.14. The summed E-state index contributed by atoms with van der Waals surface area (Å²) >= 11 is 14.2. The van der Waals surface area contributed by atoms with Crippen molar-refractivity contribution in [2.24, 2.45) is 5.92 Å². The van der Waals surface area contributed by atoms with Crippen molar-refractivity contribution in [3.63, 3.8) is 0 Å². The van der Waals surface area contributed by atoms with E-state index in [0.29, 0.717) is 54.9 Å². The van der Waals surface area contributed by atoms with Crippen molar-refractivity contribution in [1.29, 1.82) is 0 Å². The summed E-state index contributed by atoms with van der Waals surface area (Å²) in [5, 5.41) is 0.822. The molecule has 3 aliphatic heterocycles. The van der Waals surface area contributed by atoms with Gasteiger partial charge < -0.3 is 29.2 Å². The van der Waals surface area contributed by atoms with E-state index < -0.39 is 18.2 Å². The van der Waals surface area contributed by atoms with Crippen LogP contribution in [0, 0.1) is 5.92 Å². The number of ether oxygens (including phenoxy) is 5. The van der Waals surface area contributed by atoms with Crippen molar-refractivity contribution < 1.29 is 43.7 Å². The van der Waals surface area contributed by atoms with Crippen LogP contribution in [0.5, 0.6) is 17.2 Å². The summed E-state index contributed by atoms with van der Waals surface area (Å²) in [5.41, 5.74) is 1.87. The standard InChI is InChI=1S/C36H37Cl2N3O7S.H2O/c1-44-29-7-5-4-6-28(29)41(36(43)48-33-21-40-14-12-22(33)13-15-40)20-24-9-11-34(49-24)35(42)47-31(17-25-26(37)18-39-19-27(25)38)23-8-10-30(45-2)32(16-23)46-3;/h4-11,16,18-19,22,31,33H,12-15,17,20-21H2,1-3H3;1H2/t31-,33-;/m0./s1. The summed E-state index contributed by atoms with van der Waals surface area (Å²) in [5.74, 6) is 1.38. The molecule has 0 saturated carbocycles. The highest BCUT2D eigenvalue weighted by Crippen LogP contribution is 2.37. The minimum atomic E-state index is -0.767. The fraction of sp³-hybridized carbons (Fsp3) is 0.361. The van der Waals surface area contributed by atoms with Crippen LogP contribution in [0.3, 0.4) is 0 Å². The number of piperidine rings is 3. The maximum atomic E-state index is 13.8. The van der Waals surface area contributed by atoms with Crippen LogP contribution in [-0.4, -0.2) is 69.5 Å². The molecule has 4 aromatic rings. The maximum Gasteiger partial charge on any atom is 0.415 e. The molecule has 2 atom stereocenters. The van der Waals surface area contributed by atoms with Gasteiger partial charge in [-0.1, -0.05) is 41.4 Å². The SMILES string of the molecule is COc1ccc([C@H](Cc2c(Cl)c[nH+]cc2Cl)OC(=O)c2ccc(CN(C(=O)O[C@H]3CN4CCC3CC4)c3ccccc3OC)s2)cc1OC.[OH-]. The molecule has 11 nitrogen and oxygen atoms in total. The molecule has 0 unspecified atom stereocenters. The van der Waals surface area contributed by atoms with Crippen molar-refractivity contribution >= 4 is 52.3 Å². The van der Waals surface area contributed by atoms with Crippen LogP contribution in [0.1, 0.15) is 44.6 Å². The number of benzene rings is 2. The van der Waals surface area contributed by atoms with Gasteiger partial charge in [-0.15, -0.1) is 11.3 Å². The number of hydrogen-bond acceptors (Lipinski definition) is 10. The number of anilines is 1. The lowest BCUT2D eigenvalue weighted by Gasteiger charge is -2.44. The van der Waals surface area contributed by atoms with Gasteiger partial charge >= 0.3 is 12.1 Å². The molecule has 2 aromatic heterocycles. The number of H-pyrrole nitrogens is 1. The van der Waals surface area contributed by atoms with E-state index >= 15 is 0 Å². The predicted molar refractivity (Wildman–Crippen MR) is 189 cm³/mol. The van der Waals surface area contributed by atoms with Crippen LogP contribution < -0.4 is 24.1 Å². The van der Waals surface area contributed by atoms with E-state index in [2.05, 4.69) is 9.88 Å². The maximum absolute atomic E-state index is 13.8. The molecular formula is C36H39Cl2N3O8S. The molecule has 5 heterocycles. The molecule has 3 aliphatic rings. The van der Waals surface area contributed by atoms with Crippen LogP contribution in [0.4, 0.5) is 10.5 Å². The number of halogens is 2. The Hall–Kier alpha value is -4.07. The second-order valence-electron chi connectivity index (χ2n) is 11.9. The molecule has 50 heavy (non-hydrogen) atoms. The molecule has 14 heteroatoms. The van der Waals surface area contributed by atoms with Gasteiger partial charge in [-0.2, -0.15) is 0 Å². The lowest BCUT2D eigenvalue weighted by molar-refractivity contribution is -0.377. The first-order valence-corrected chi connectivity index (χ1v) is 17.5. The number of hydrogen-bond donors (Lipinski definition) is 0. The summed E-state index contributed by atoms with van der Waals surface area (Å²) in [6.45, 7) is 2.99. The van der Waals surface area contributed by atoms with Crippen molar-refractivity contribution in [3.05, 3.63) is 97.9 Å². The second kappa shape index (κ2) is 16.8. The van der Waals surface area contributed by atoms with Gasteiger partial charge in [-0.05, 0) is 73.8 Å². The van der Waals surface area contributed by atoms with Gasteiger partial charge in [-0.3, -0.25) is 9.80 Å².